The molecule has 0 N–H and O–H groups in total. The summed E-state index contributed by atoms with van der Waals surface area (Å²) >= 11 is 0. The van der Waals surface area contributed by atoms with Crippen LogP contribution in [-0.2, 0) is 14.9 Å². The van der Waals surface area contributed by atoms with E-state index in [1.165, 1.54) is 12.5 Å². The number of ether oxygens (including phenoxy) is 2. The Bertz CT molecular complexity index is 542. The van der Waals surface area contributed by atoms with Crippen LogP contribution in [0.5, 0.6) is 5.75 Å². The van der Waals surface area contributed by atoms with Crippen LogP contribution >= 0.6 is 0 Å². The molecular formula is C17H21FO3. The number of hydrogen-bond donors (Lipinski definition) is 0. The Kier molecular flexibility index (Phi) is 3.05. The summed E-state index contributed by atoms with van der Waals surface area (Å²) < 4.78 is 24.9. The van der Waals surface area contributed by atoms with E-state index in [1.807, 2.05) is 24.3 Å². The number of rotatable bonds is 5. The van der Waals surface area contributed by atoms with Gasteiger partial charge in [-0.15, -0.1) is 0 Å². The normalized spacial score (nSPS) is 32.4. The van der Waals surface area contributed by atoms with Crippen molar-refractivity contribution in [2.24, 2.45) is 5.41 Å². The molecule has 0 aromatic heterocycles. The lowest BCUT2D eigenvalue weighted by molar-refractivity contribution is -0.235. The molecule has 3 saturated carbocycles. The lowest BCUT2D eigenvalue weighted by atomic mass is 9.30. The van der Waals surface area contributed by atoms with Gasteiger partial charge in [0.05, 0.1) is 13.7 Å². The van der Waals surface area contributed by atoms with Gasteiger partial charge in [-0.1, -0.05) is 12.1 Å². The summed E-state index contributed by atoms with van der Waals surface area (Å²) in [6, 6.07) is 7.95. The van der Waals surface area contributed by atoms with Crippen LogP contribution in [-0.4, -0.2) is 25.4 Å². The van der Waals surface area contributed by atoms with E-state index >= 15 is 0 Å². The van der Waals surface area contributed by atoms with Crippen LogP contribution in [0.4, 0.5) is 4.39 Å². The molecule has 3 aliphatic rings. The molecule has 3 aliphatic carbocycles. The van der Waals surface area contributed by atoms with Gasteiger partial charge >= 0.3 is 5.97 Å². The molecule has 1 atom stereocenters. The summed E-state index contributed by atoms with van der Waals surface area (Å²) in [6.45, 7) is 3.30. The van der Waals surface area contributed by atoms with Crippen molar-refractivity contribution >= 4 is 5.97 Å². The number of carbonyl (C=O) groups is 1. The van der Waals surface area contributed by atoms with E-state index in [1.54, 1.807) is 14.0 Å². The largest absolute Gasteiger partial charge is 0.497 e. The van der Waals surface area contributed by atoms with Crippen LogP contribution in [0.15, 0.2) is 24.3 Å². The predicted molar refractivity (Wildman–Crippen MR) is 77.1 cm³/mol. The second-order valence-electron chi connectivity index (χ2n) is 6.54. The number of hydrogen-bond acceptors (Lipinski definition) is 3. The average molecular weight is 292 g/mol. The van der Waals surface area contributed by atoms with E-state index in [0.29, 0.717) is 0 Å². The van der Waals surface area contributed by atoms with Gasteiger partial charge in [-0.3, -0.25) is 0 Å². The van der Waals surface area contributed by atoms with E-state index in [0.717, 1.165) is 25.0 Å². The number of benzene rings is 1. The van der Waals surface area contributed by atoms with E-state index in [-0.39, 0.29) is 12.0 Å². The average Bonchev–Trinajstić information content (AvgIpc) is 2.36. The minimum atomic E-state index is -1.88. The van der Waals surface area contributed by atoms with Crippen molar-refractivity contribution < 1.29 is 18.7 Å². The Morgan fingerprint density at radius 3 is 2.33 bits per heavy atom. The highest BCUT2D eigenvalue weighted by atomic mass is 19.1. The quantitative estimate of drug-likeness (QED) is 0.780. The maximum absolute atomic E-state index is 14.8. The van der Waals surface area contributed by atoms with Crippen molar-refractivity contribution in [1.82, 2.24) is 0 Å². The Morgan fingerprint density at radius 2 is 1.86 bits per heavy atom. The standard InChI is InChI=1S/C17H21FO3/c1-4-21-14(19)15(2,18)17-9-16(10-17,11-17)12-5-7-13(20-3)8-6-12/h5-8H,4,9-11H2,1-3H3. The lowest BCUT2D eigenvalue weighted by Gasteiger charge is -2.73. The molecule has 4 rings (SSSR count). The molecule has 3 fully saturated rings. The number of methoxy groups -OCH3 is 1. The molecule has 2 bridgehead atoms. The maximum atomic E-state index is 14.8. The number of halogens is 1. The van der Waals surface area contributed by atoms with Gasteiger partial charge in [0, 0.05) is 5.41 Å². The first-order chi connectivity index (χ1) is 9.89. The first-order valence-corrected chi connectivity index (χ1v) is 7.40. The zero-order chi connectivity index (χ0) is 15.3. The third-order valence-electron chi connectivity index (χ3n) is 5.39. The van der Waals surface area contributed by atoms with Crippen molar-refractivity contribution in [2.75, 3.05) is 13.7 Å². The Hall–Kier alpha value is -1.58. The summed E-state index contributed by atoms with van der Waals surface area (Å²) in [7, 11) is 1.64. The minimum absolute atomic E-state index is 0.0477. The molecule has 1 aromatic carbocycles. The first kappa shape index (κ1) is 14.4. The molecular weight excluding hydrogens is 271 g/mol. The second kappa shape index (κ2) is 4.46. The van der Waals surface area contributed by atoms with E-state index in [9.17, 15) is 9.18 Å². The summed E-state index contributed by atoms with van der Waals surface area (Å²) in [6.07, 6.45) is 2.16. The van der Waals surface area contributed by atoms with Gasteiger partial charge in [0.25, 0.3) is 0 Å². The molecule has 0 aliphatic heterocycles. The molecule has 21 heavy (non-hydrogen) atoms. The summed E-state index contributed by atoms with van der Waals surface area (Å²) in [5.41, 5.74) is -1.15. The van der Waals surface area contributed by atoms with Crippen LogP contribution in [0.25, 0.3) is 0 Å². The zero-order valence-electron chi connectivity index (χ0n) is 12.7. The van der Waals surface area contributed by atoms with Gasteiger partial charge in [-0.2, -0.15) is 0 Å². The van der Waals surface area contributed by atoms with Gasteiger partial charge in [-0.05, 0) is 56.2 Å². The molecule has 0 heterocycles. The smallest absolute Gasteiger partial charge is 0.344 e. The molecule has 0 radical (unpaired) electrons. The van der Waals surface area contributed by atoms with Crippen LogP contribution in [0.1, 0.15) is 38.7 Å². The van der Waals surface area contributed by atoms with Crippen molar-refractivity contribution in [3.05, 3.63) is 29.8 Å². The van der Waals surface area contributed by atoms with Crippen LogP contribution in [0, 0.1) is 5.41 Å². The van der Waals surface area contributed by atoms with Crippen molar-refractivity contribution in [2.45, 2.75) is 44.2 Å². The highest BCUT2D eigenvalue weighted by molar-refractivity contribution is 5.81. The molecule has 1 aromatic rings. The summed E-state index contributed by atoms with van der Waals surface area (Å²) in [5.74, 6) is 0.106. The third-order valence-corrected chi connectivity index (χ3v) is 5.39. The lowest BCUT2D eigenvalue weighted by Crippen LogP contribution is -2.73. The zero-order valence-corrected chi connectivity index (χ0v) is 12.7. The Balaban J connectivity index is 1.72. The molecule has 4 heteroatoms. The first-order valence-electron chi connectivity index (χ1n) is 7.40. The highest BCUT2D eigenvalue weighted by Gasteiger charge is 2.77. The molecule has 0 saturated heterocycles. The highest BCUT2D eigenvalue weighted by Crippen LogP contribution is 2.78. The molecule has 0 amide bonds. The van der Waals surface area contributed by atoms with Crippen molar-refractivity contribution in [1.29, 1.82) is 0 Å². The predicted octanol–water partition coefficient (Wildman–Crippen LogP) is 3.41. The SMILES string of the molecule is CCOC(=O)C(C)(F)C12CC(c3ccc(OC)cc3)(C1)C2. The summed E-state index contributed by atoms with van der Waals surface area (Å²) in [5, 5.41) is 0. The molecule has 3 nitrogen and oxygen atoms in total. The van der Waals surface area contributed by atoms with Crippen molar-refractivity contribution in [3.8, 4) is 5.75 Å². The molecule has 0 spiro atoms. The Morgan fingerprint density at radius 1 is 1.29 bits per heavy atom. The fourth-order valence-electron chi connectivity index (χ4n) is 4.02. The van der Waals surface area contributed by atoms with Gasteiger partial charge < -0.3 is 9.47 Å². The Labute approximate surface area is 124 Å². The number of alkyl halides is 1. The van der Waals surface area contributed by atoms with Gasteiger partial charge in [0.2, 0.25) is 5.67 Å². The third kappa shape index (κ3) is 1.81. The maximum Gasteiger partial charge on any atom is 0.344 e. The fraction of sp³-hybridized carbons (Fsp3) is 0.588. The number of carbonyl (C=O) groups excluding carboxylic acids is 1. The minimum Gasteiger partial charge on any atom is -0.497 e. The van der Waals surface area contributed by atoms with Crippen LogP contribution in [0.3, 0.4) is 0 Å². The summed E-state index contributed by atoms with van der Waals surface area (Å²) in [4.78, 5) is 11.8. The van der Waals surface area contributed by atoms with Crippen LogP contribution < -0.4 is 4.74 Å². The van der Waals surface area contributed by atoms with E-state index in [2.05, 4.69) is 0 Å². The number of esters is 1. The van der Waals surface area contributed by atoms with Crippen molar-refractivity contribution in [3.63, 3.8) is 0 Å². The van der Waals surface area contributed by atoms with Gasteiger partial charge in [0.15, 0.2) is 0 Å². The van der Waals surface area contributed by atoms with E-state index < -0.39 is 17.1 Å². The molecule has 1 unspecified atom stereocenters. The monoisotopic (exact) mass is 292 g/mol. The topological polar surface area (TPSA) is 35.5 Å². The van der Waals surface area contributed by atoms with E-state index in [4.69, 9.17) is 9.47 Å². The second-order valence-corrected chi connectivity index (χ2v) is 6.54. The molecule has 114 valence electrons. The van der Waals surface area contributed by atoms with Gasteiger partial charge in [0.1, 0.15) is 5.75 Å². The fourth-order valence-corrected chi connectivity index (χ4v) is 4.02. The van der Waals surface area contributed by atoms with Gasteiger partial charge in [-0.25, -0.2) is 9.18 Å². The van der Waals surface area contributed by atoms with Crippen LogP contribution in [0.2, 0.25) is 0 Å².